The average Bonchev–Trinajstić information content (AvgIpc) is 3.09. The summed E-state index contributed by atoms with van der Waals surface area (Å²) in [5.41, 5.74) is 5.54. The Morgan fingerprint density at radius 2 is 1.77 bits per heavy atom. The van der Waals surface area contributed by atoms with Gasteiger partial charge >= 0.3 is 0 Å². The van der Waals surface area contributed by atoms with E-state index in [1.807, 2.05) is 26.0 Å². The maximum Gasteiger partial charge on any atom is 0.224 e. The van der Waals surface area contributed by atoms with Crippen molar-refractivity contribution in [3.63, 3.8) is 0 Å². The van der Waals surface area contributed by atoms with Crippen molar-refractivity contribution in [2.75, 3.05) is 5.32 Å². The van der Waals surface area contributed by atoms with Gasteiger partial charge in [0.05, 0.1) is 6.10 Å². The van der Waals surface area contributed by atoms with Crippen molar-refractivity contribution in [1.29, 1.82) is 0 Å². The van der Waals surface area contributed by atoms with Gasteiger partial charge in [0.1, 0.15) is 5.75 Å². The van der Waals surface area contributed by atoms with Gasteiger partial charge in [0.25, 0.3) is 0 Å². The zero-order valence-electron chi connectivity index (χ0n) is 16.1. The van der Waals surface area contributed by atoms with Gasteiger partial charge in [-0.3, -0.25) is 4.79 Å². The Balaban J connectivity index is 1.56. The number of hydrogen-bond donors (Lipinski definition) is 1. The molecule has 3 nitrogen and oxygen atoms in total. The number of hydrogen-bond acceptors (Lipinski definition) is 2. The zero-order chi connectivity index (χ0) is 18.5. The number of aryl methyl sites for hydroxylation is 4. The minimum absolute atomic E-state index is 0.0576. The number of rotatable bonds is 6. The summed E-state index contributed by atoms with van der Waals surface area (Å²) in [5, 5.41) is 3.08. The molecule has 0 atom stereocenters. The van der Waals surface area contributed by atoms with Crippen LogP contribution in [0.5, 0.6) is 5.75 Å². The molecule has 1 amide bonds. The fourth-order valence-electron chi connectivity index (χ4n) is 3.81. The standard InChI is InChI=1S/C23H29NO2/c1-16-13-17(2)23(18(3)14-16)24-22(25)12-11-19-7-6-10-21(15-19)26-20-8-4-5-9-20/h6-7,10,13-15,20H,4-5,8-9,11-12H2,1-3H3,(H,24,25). The van der Waals surface area contributed by atoms with Crippen LogP contribution in [-0.4, -0.2) is 12.0 Å². The molecule has 138 valence electrons. The second kappa shape index (κ2) is 8.39. The maximum atomic E-state index is 12.4. The molecule has 3 rings (SSSR count). The third-order valence-electron chi connectivity index (χ3n) is 5.09. The summed E-state index contributed by atoms with van der Waals surface area (Å²) in [7, 11) is 0. The SMILES string of the molecule is Cc1cc(C)c(NC(=O)CCc2cccc(OC3CCCC3)c2)c(C)c1. The molecule has 0 aliphatic heterocycles. The fourth-order valence-corrected chi connectivity index (χ4v) is 3.81. The second-order valence-electron chi connectivity index (χ2n) is 7.49. The number of ether oxygens (including phenoxy) is 1. The van der Waals surface area contributed by atoms with Crippen molar-refractivity contribution in [3.8, 4) is 5.75 Å². The van der Waals surface area contributed by atoms with Crippen molar-refractivity contribution in [3.05, 3.63) is 58.7 Å². The van der Waals surface area contributed by atoms with Crippen molar-refractivity contribution in [2.45, 2.75) is 65.4 Å². The maximum absolute atomic E-state index is 12.4. The van der Waals surface area contributed by atoms with Crippen LogP contribution < -0.4 is 10.1 Å². The van der Waals surface area contributed by atoms with Crippen LogP contribution in [0, 0.1) is 20.8 Å². The summed E-state index contributed by atoms with van der Waals surface area (Å²) in [6, 6.07) is 12.4. The van der Waals surface area contributed by atoms with Crippen LogP contribution in [-0.2, 0) is 11.2 Å². The molecule has 1 fully saturated rings. The molecule has 1 N–H and O–H groups in total. The summed E-state index contributed by atoms with van der Waals surface area (Å²) >= 11 is 0. The van der Waals surface area contributed by atoms with Crippen molar-refractivity contribution in [2.24, 2.45) is 0 Å². The Morgan fingerprint density at radius 1 is 1.08 bits per heavy atom. The van der Waals surface area contributed by atoms with Gasteiger partial charge in [-0.05, 0) is 81.7 Å². The lowest BCUT2D eigenvalue weighted by atomic mass is 10.0. The minimum atomic E-state index is 0.0576. The van der Waals surface area contributed by atoms with E-state index in [-0.39, 0.29) is 5.91 Å². The van der Waals surface area contributed by atoms with Crippen LogP contribution >= 0.6 is 0 Å². The lowest BCUT2D eigenvalue weighted by Gasteiger charge is -2.14. The monoisotopic (exact) mass is 351 g/mol. The fraction of sp³-hybridized carbons (Fsp3) is 0.435. The molecule has 2 aromatic rings. The van der Waals surface area contributed by atoms with E-state index < -0.39 is 0 Å². The molecule has 1 aliphatic rings. The smallest absolute Gasteiger partial charge is 0.224 e. The normalized spacial score (nSPS) is 14.4. The largest absolute Gasteiger partial charge is 0.490 e. The molecule has 0 bridgehead atoms. The van der Waals surface area contributed by atoms with E-state index >= 15 is 0 Å². The molecular formula is C23H29NO2. The summed E-state index contributed by atoms with van der Waals surface area (Å²) in [6.07, 6.45) is 6.40. The first-order valence-corrected chi connectivity index (χ1v) is 9.64. The Kier molecular flexibility index (Phi) is 5.97. The molecule has 0 spiro atoms. The van der Waals surface area contributed by atoms with E-state index in [9.17, 15) is 4.79 Å². The number of amides is 1. The summed E-state index contributed by atoms with van der Waals surface area (Å²) < 4.78 is 6.06. The molecule has 26 heavy (non-hydrogen) atoms. The van der Waals surface area contributed by atoms with E-state index in [0.29, 0.717) is 12.5 Å². The second-order valence-corrected chi connectivity index (χ2v) is 7.49. The summed E-state index contributed by atoms with van der Waals surface area (Å²) in [6.45, 7) is 6.16. The molecule has 1 aliphatic carbocycles. The lowest BCUT2D eigenvalue weighted by Crippen LogP contribution is -2.14. The van der Waals surface area contributed by atoms with Gasteiger partial charge < -0.3 is 10.1 Å². The first kappa shape index (κ1) is 18.5. The van der Waals surface area contributed by atoms with Gasteiger partial charge in [-0.1, -0.05) is 29.8 Å². The van der Waals surface area contributed by atoms with Crippen LogP contribution in [0.4, 0.5) is 5.69 Å². The predicted octanol–water partition coefficient (Wildman–Crippen LogP) is 5.50. The van der Waals surface area contributed by atoms with Crippen molar-refractivity contribution in [1.82, 2.24) is 0 Å². The number of anilines is 1. The first-order valence-electron chi connectivity index (χ1n) is 9.64. The Morgan fingerprint density at radius 3 is 2.46 bits per heavy atom. The molecule has 1 saturated carbocycles. The zero-order valence-corrected chi connectivity index (χ0v) is 16.1. The van der Waals surface area contributed by atoms with Crippen LogP contribution in [0.15, 0.2) is 36.4 Å². The van der Waals surface area contributed by atoms with Crippen LogP contribution in [0.1, 0.15) is 54.4 Å². The van der Waals surface area contributed by atoms with E-state index in [4.69, 9.17) is 4.74 Å². The van der Waals surface area contributed by atoms with E-state index in [1.54, 1.807) is 0 Å². The molecule has 3 heteroatoms. The number of nitrogens with one attached hydrogen (secondary N) is 1. The Hall–Kier alpha value is -2.29. The van der Waals surface area contributed by atoms with Gasteiger partial charge in [-0.15, -0.1) is 0 Å². The van der Waals surface area contributed by atoms with Gasteiger partial charge in [0, 0.05) is 12.1 Å². The lowest BCUT2D eigenvalue weighted by molar-refractivity contribution is -0.116. The van der Waals surface area contributed by atoms with Crippen molar-refractivity contribution < 1.29 is 9.53 Å². The highest BCUT2D eigenvalue weighted by molar-refractivity contribution is 5.92. The van der Waals surface area contributed by atoms with Crippen LogP contribution in [0.25, 0.3) is 0 Å². The van der Waals surface area contributed by atoms with Gasteiger partial charge in [-0.2, -0.15) is 0 Å². The third-order valence-corrected chi connectivity index (χ3v) is 5.09. The predicted molar refractivity (Wildman–Crippen MR) is 107 cm³/mol. The number of carbonyl (C=O) groups excluding carboxylic acids is 1. The highest BCUT2D eigenvalue weighted by atomic mass is 16.5. The molecule has 0 saturated heterocycles. The molecule has 0 unspecified atom stereocenters. The Labute approximate surface area is 156 Å². The topological polar surface area (TPSA) is 38.3 Å². The van der Waals surface area contributed by atoms with Gasteiger partial charge in [0.15, 0.2) is 0 Å². The molecular weight excluding hydrogens is 322 g/mol. The third kappa shape index (κ3) is 4.87. The minimum Gasteiger partial charge on any atom is -0.490 e. The van der Waals surface area contributed by atoms with Crippen molar-refractivity contribution >= 4 is 11.6 Å². The van der Waals surface area contributed by atoms with Gasteiger partial charge in [-0.25, -0.2) is 0 Å². The highest BCUT2D eigenvalue weighted by Crippen LogP contribution is 2.25. The molecule has 0 aromatic heterocycles. The highest BCUT2D eigenvalue weighted by Gasteiger charge is 2.16. The van der Waals surface area contributed by atoms with E-state index in [1.165, 1.54) is 18.4 Å². The Bertz CT molecular complexity index is 753. The number of benzene rings is 2. The molecule has 0 radical (unpaired) electrons. The quantitative estimate of drug-likeness (QED) is 0.746. The van der Waals surface area contributed by atoms with Crippen LogP contribution in [0.3, 0.4) is 0 Å². The number of carbonyl (C=O) groups is 1. The van der Waals surface area contributed by atoms with Gasteiger partial charge in [0.2, 0.25) is 5.91 Å². The summed E-state index contributed by atoms with van der Waals surface area (Å²) in [5.74, 6) is 0.988. The van der Waals surface area contributed by atoms with E-state index in [0.717, 1.165) is 47.4 Å². The van der Waals surface area contributed by atoms with Crippen LogP contribution in [0.2, 0.25) is 0 Å². The molecule has 2 aromatic carbocycles. The first-order chi connectivity index (χ1) is 12.5. The summed E-state index contributed by atoms with van der Waals surface area (Å²) in [4.78, 5) is 12.4. The average molecular weight is 351 g/mol. The molecule has 0 heterocycles. The van der Waals surface area contributed by atoms with E-state index in [2.05, 4.69) is 36.5 Å².